The lowest BCUT2D eigenvalue weighted by molar-refractivity contribution is -0.151. The first kappa shape index (κ1) is 64.3. The summed E-state index contributed by atoms with van der Waals surface area (Å²) in [6.07, 6.45) is 6.79. The van der Waals surface area contributed by atoms with E-state index >= 15 is 0 Å². The number of hydrogen-bond acceptors (Lipinski definition) is 11. The van der Waals surface area contributed by atoms with Crippen molar-refractivity contribution in [2.75, 3.05) is 31.8 Å². The van der Waals surface area contributed by atoms with E-state index in [1.807, 2.05) is 72.8 Å². The predicted octanol–water partition coefficient (Wildman–Crippen LogP) is 11.4. The molecule has 0 aliphatic heterocycles. The molecule has 83 heavy (non-hydrogen) atoms. The van der Waals surface area contributed by atoms with Gasteiger partial charge in [-0.25, -0.2) is 14.4 Å². The normalized spacial score (nSPS) is 14.0. The number of ether oxygens (including phenoxy) is 4. The van der Waals surface area contributed by atoms with Crippen LogP contribution in [0, 0.1) is 0 Å². The number of carboxylic acids is 1. The number of fused-ring (bicyclic) bond motifs is 3. The Hall–Kier alpha value is -7.89. The van der Waals surface area contributed by atoms with Crippen molar-refractivity contribution in [1.82, 2.24) is 16.0 Å². The molecule has 0 radical (unpaired) electrons. The lowest BCUT2D eigenvalue weighted by Gasteiger charge is -2.28. The van der Waals surface area contributed by atoms with E-state index in [0.717, 1.165) is 38.7 Å². The van der Waals surface area contributed by atoms with E-state index in [0.29, 0.717) is 30.7 Å². The molecule has 0 aromatic heterocycles. The number of benzene rings is 6. The summed E-state index contributed by atoms with van der Waals surface area (Å²) in [6, 6.07) is 37.1. The van der Waals surface area contributed by atoms with Gasteiger partial charge in [0.25, 0.3) is 17.7 Å². The van der Waals surface area contributed by atoms with Crippen molar-refractivity contribution >= 4 is 86.4 Å². The maximum Gasteiger partial charge on any atom is 0.332 e. The van der Waals surface area contributed by atoms with Crippen LogP contribution in [0.2, 0.25) is 15.1 Å². The molecule has 3 aliphatic rings. The minimum Gasteiger partial charge on any atom is -0.506 e. The minimum absolute atomic E-state index is 0.0205. The largest absolute Gasteiger partial charge is 0.506 e. The van der Waals surface area contributed by atoms with Crippen molar-refractivity contribution in [3.63, 3.8) is 0 Å². The molecule has 0 saturated carbocycles. The van der Waals surface area contributed by atoms with Gasteiger partial charge in [-0.1, -0.05) is 173 Å². The summed E-state index contributed by atoms with van der Waals surface area (Å²) in [7, 11) is 0. The number of carbonyl (C=O) groups is 6. The van der Waals surface area contributed by atoms with Gasteiger partial charge in [-0.15, -0.1) is 6.58 Å². The Balaban J connectivity index is 0.000000194. The second-order valence-electron chi connectivity index (χ2n) is 19.2. The van der Waals surface area contributed by atoms with Gasteiger partial charge in [0.05, 0.1) is 45.0 Å². The first-order valence-corrected chi connectivity index (χ1v) is 28.6. The minimum atomic E-state index is -1.39. The second kappa shape index (κ2) is 29.9. The number of alkyl halides is 1. The first-order chi connectivity index (χ1) is 39.8. The van der Waals surface area contributed by atoms with E-state index in [9.17, 15) is 39.0 Å². The molecule has 0 heterocycles. The van der Waals surface area contributed by atoms with Crippen LogP contribution < -0.4 is 25.4 Å². The summed E-state index contributed by atoms with van der Waals surface area (Å²) in [5, 5.41) is 29.8. The number of phenolic OH excluding ortho intramolecular Hbond substituents is 1. The van der Waals surface area contributed by atoms with Gasteiger partial charge in [-0.2, -0.15) is 0 Å². The van der Waals surface area contributed by atoms with Gasteiger partial charge in [-0.3, -0.25) is 14.4 Å². The quantitative estimate of drug-likeness (QED) is 0.0309. The van der Waals surface area contributed by atoms with Crippen molar-refractivity contribution in [3.05, 3.63) is 230 Å². The van der Waals surface area contributed by atoms with E-state index < -0.39 is 52.2 Å². The van der Waals surface area contributed by atoms with Crippen LogP contribution in [-0.2, 0) is 62.4 Å². The van der Waals surface area contributed by atoms with Crippen LogP contribution in [0.5, 0.6) is 17.2 Å². The third kappa shape index (κ3) is 15.6. The molecule has 0 unspecified atom stereocenters. The molecule has 6 aromatic carbocycles. The molecule has 0 fully saturated rings. The lowest BCUT2D eigenvalue weighted by atomic mass is 9.95. The van der Waals surface area contributed by atoms with E-state index in [1.165, 1.54) is 18.2 Å². The number of aromatic hydroxyl groups is 1. The Kier molecular flexibility index (Phi) is 23.2. The summed E-state index contributed by atoms with van der Waals surface area (Å²) in [5.74, 6) is -3.39. The van der Waals surface area contributed by atoms with Crippen molar-refractivity contribution < 1.29 is 57.9 Å². The van der Waals surface area contributed by atoms with Crippen molar-refractivity contribution in [2.45, 2.75) is 69.0 Å². The molecule has 19 heteroatoms. The number of esters is 2. The molecule has 0 atom stereocenters. The molecule has 0 spiro atoms. The van der Waals surface area contributed by atoms with Gasteiger partial charge in [0.15, 0.2) is 11.5 Å². The fourth-order valence-electron chi connectivity index (χ4n) is 9.75. The van der Waals surface area contributed by atoms with Crippen molar-refractivity contribution in [1.29, 1.82) is 0 Å². The highest BCUT2D eigenvalue weighted by molar-refractivity contribution is 9.09. The standard InChI is InChI=1S/C22H22ClNO4.C20H18ClNO4.C19H18ClNO4.C3H5Br/c1-3-12-28-19-17(10-7-11-18(19)23)20(25)24-22(21(26)27-4-2)13-15-8-5-6-9-16(15)14-22;1-2-10-26-17-15(8-5-9-16(17)21)18(23)22-20(19(24)25)11-13-6-3-4-7-14(13)12-20;1-2-25-18(24)19(10-12-6-3-4-7-13(12)11-19)21-17(23)14-8-5-9-15(20)16(14)22;1-2-3-4/h3,5-11H,1,4,12-14H2,2H3,(H,24,25);2-9H,1,10-12H2,(H,22,23)(H,24,25);3-9,22H,2,10-11H2,1H3,(H,21,23);2H,1,3H2. The average Bonchev–Trinajstić information content (AvgIpc) is 3.30. The van der Waals surface area contributed by atoms with Crippen LogP contribution in [0.4, 0.5) is 0 Å². The Morgan fingerprint density at radius 3 is 1.11 bits per heavy atom. The number of allylic oxidation sites excluding steroid dienone is 1. The number of amides is 3. The zero-order valence-electron chi connectivity index (χ0n) is 45.7. The summed E-state index contributed by atoms with van der Waals surface area (Å²) in [5.41, 5.74) is 2.59. The van der Waals surface area contributed by atoms with Gasteiger partial charge < -0.3 is 45.1 Å². The topological polar surface area (TPSA) is 216 Å². The van der Waals surface area contributed by atoms with Crippen LogP contribution in [0.1, 0.15) is 78.3 Å². The fourth-order valence-corrected chi connectivity index (χ4v) is 10.4. The monoisotopic (exact) mass is 1250 g/mol. The molecule has 5 N–H and O–H groups in total. The van der Waals surface area contributed by atoms with Crippen LogP contribution in [0.15, 0.2) is 165 Å². The number of nitrogens with one attached hydrogen (secondary N) is 3. The highest BCUT2D eigenvalue weighted by Gasteiger charge is 2.49. The molecule has 434 valence electrons. The van der Waals surface area contributed by atoms with Gasteiger partial charge in [0.2, 0.25) is 0 Å². The summed E-state index contributed by atoms with van der Waals surface area (Å²) >= 11 is 21.4. The molecule has 6 aromatic rings. The maximum absolute atomic E-state index is 13.1. The fraction of sp³-hybridized carbons (Fsp3) is 0.250. The average molecular weight is 1250 g/mol. The van der Waals surface area contributed by atoms with Crippen LogP contribution in [0.3, 0.4) is 0 Å². The Morgan fingerprint density at radius 1 is 0.494 bits per heavy atom. The van der Waals surface area contributed by atoms with Gasteiger partial charge in [0, 0.05) is 43.9 Å². The smallest absolute Gasteiger partial charge is 0.332 e. The maximum atomic E-state index is 13.1. The van der Waals surface area contributed by atoms with Gasteiger partial charge in [-0.05, 0) is 83.6 Å². The van der Waals surface area contributed by atoms with Crippen LogP contribution in [-0.4, -0.2) is 94.2 Å². The Bertz CT molecular complexity index is 3310. The van der Waals surface area contributed by atoms with Crippen LogP contribution >= 0.6 is 50.7 Å². The molecule has 0 saturated heterocycles. The molecule has 15 nitrogen and oxygen atoms in total. The zero-order valence-corrected chi connectivity index (χ0v) is 49.6. The van der Waals surface area contributed by atoms with Crippen molar-refractivity contribution in [2.24, 2.45) is 0 Å². The number of phenols is 1. The molecular formula is C64H63BrCl3N3O12. The third-order valence-electron chi connectivity index (χ3n) is 13.6. The Morgan fingerprint density at radius 2 is 0.795 bits per heavy atom. The predicted molar refractivity (Wildman–Crippen MR) is 324 cm³/mol. The number of halogens is 4. The highest BCUT2D eigenvalue weighted by Crippen LogP contribution is 2.37. The molecule has 3 aliphatic carbocycles. The van der Waals surface area contributed by atoms with Crippen LogP contribution in [0.25, 0.3) is 0 Å². The molecule has 9 rings (SSSR count). The van der Waals surface area contributed by atoms with Gasteiger partial charge >= 0.3 is 17.9 Å². The van der Waals surface area contributed by atoms with E-state index in [-0.39, 0.29) is 83.3 Å². The molecule has 3 amide bonds. The van der Waals surface area contributed by atoms with E-state index in [1.54, 1.807) is 68.5 Å². The summed E-state index contributed by atoms with van der Waals surface area (Å²) in [6.45, 7) is 14.9. The van der Waals surface area contributed by atoms with E-state index in [2.05, 4.69) is 51.6 Å². The van der Waals surface area contributed by atoms with Crippen molar-refractivity contribution in [3.8, 4) is 17.2 Å². The number of rotatable bonds is 18. The summed E-state index contributed by atoms with van der Waals surface area (Å²) in [4.78, 5) is 76.1. The highest BCUT2D eigenvalue weighted by atomic mass is 79.9. The number of hydrogen-bond donors (Lipinski definition) is 5. The summed E-state index contributed by atoms with van der Waals surface area (Å²) < 4.78 is 21.6. The number of carboxylic acid groups (broad SMARTS) is 1. The molecule has 0 bridgehead atoms. The molecular weight excluding hydrogens is 1190 g/mol. The van der Waals surface area contributed by atoms with E-state index in [4.69, 9.17) is 53.8 Å². The second-order valence-corrected chi connectivity index (χ2v) is 21.1. The van der Waals surface area contributed by atoms with Gasteiger partial charge in [0.1, 0.15) is 35.6 Å². The number of para-hydroxylation sites is 3. The SMILES string of the molecule is C=CCBr.C=CCOc1c(Cl)cccc1C(=O)NC1(C(=O)O)Cc2ccccc2C1.C=CCOc1c(Cl)cccc1C(=O)NC1(C(=O)OCC)Cc2ccccc2C1.CCOC(=O)C1(NC(=O)c2cccc(Cl)c2O)Cc2ccccc2C1. The Labute approximate surface area is 505 Å². The third-order valence-corrected chi connectivity index (χ3v) is 14.9. The number of carbonyl (C=O) groups excluding carboxylic acids is 5. The number of aliphatic carboxylic acids is 1. The zero-order chi connectivity index (χ0) is 60.3. The lowest BCUT2D eigenvalue weighted by Crippen LogP contribution is -2.56. The first-order valence-electron chi connectivity index (χ1n) is 26.3.